The van der Waals surface area contributed by atoms with Crippen molar-refractivity contribution in [3.63, 3.8) is 0 Å². The minimum Gasteiger partial charge on any atom is -0.272 e. The third-order valence-corrected chi connectivity index (χ3v) is 7.34. The summed E-state index contributed by atoms with van der Waals surface area (Å²) < 4.78 is 1.12. The lowest BCUT2D eigenvalue weighted by Gasteiger charge is -2.45. The molecule has 1 saturated heterocycles. The van der Waals surface area contributed by atoms with E-state index in [1.807, 2.05) is 48.5 Å². The summed E-state index contributed by atoms with van der Waals surface area (Å²) in [6.45, 7) is 0. The highest BCUT2D eigenvalue weighted by atomic mass is 127. The van der Waals surface area contributed by atoms with Crippen molar-refractivity contribution in [1.29, 1.82) is 0 Å². The van der Waals surface area contributed by atoms with Crippen LogP contribution in [0.1, 0.15) is 39.7 Å². The average molecular weight is 504 g/mol. The molecule has 1 fully saturated rings. The van der Waals surface area contributed by atoms with Crippen LogP contribution in [0.4, 0.5) is 0 Å². The van der Waals surface area contributed by atoms with Crippen molar-refractivity contribution in [2.45, 2.75) is 11.8 Å². The van der Waals surface area contributed by atoms with Gasteiger partial charge in [0, 0.05) is 15.4 Å². The molecule has 3 aromatic rings. The molecular formula is C25H17IN2O2. The Bertz CT molecular complexity index is 1120. The molecule has 5 heteroatoms. The van der Waals surface area contributed by atoms with Crippen molar-refractivity contribution in [3.8, 4) is 0 Å². The number of halogens is 1. The van der Waals surface area contributed by atoms with Crippen LogP contribution in [-0.4, -0.2) is 23.0 Å². The highest BCUT2D eigenvalue weighted by Gasteiger charge is 2.61. The molecule has 3 aromatic carbocycles. The molecule has 146 valence electrons. The fraction of sp³-hybridized carbons (Fsp3) is 0.160. The number of carbonyl (C=O) groups excluding carboxylic acids is 2. The van der Waals surface area contributed by atoms with Crippen molar-refractivity contribution >= 4 is 40.6 Å². The van der Waals surface area contributed by atoms with Gasteiger partial charge in [0.05, 0.1) is 18.1 Å². The molecule has 0 saturated carbocycles. The molecule has 3 aliphatic carbocycles. The normalized spacial score (nSPS) is 26.1. The minimum absolute atomic E-state index is 0.0950. The van der Waals surface area contributed by atoms with E-state index in [2.05, 4.69) is 52.0 Å². The third kappa shape index (κ3) is 2.41. The van der Waals surface area contributed by atoms with E-state index in [9.17, 15) is 9.59 Å². The third-order valence-electron chi connectivity index (χ3n) is 6.62. The van der Waals surface area contributed by atoms with Gasteiger partial charge in [-0.25, -0.2) is 0 Å². The number of carbonyl (C=O) groups is 2. The van der Waals surface area contributed by atoms with Gasteiger partial charge in [0.15, 0.2) is 0 Å². The van der Waals surface area contributed by atoms with E-state index in [1.165, 1.54) is 22.3 Å². The second-order valence-electron chi connectivity index (χ2n) is 8.05. The van der Waals surface area contributed by atoms with Crippen molar-refractivity contribution in [2.75, 3.05) is 0 Å². The molecule has 7 rings (SSSR count). The Morgan fingerprint density at radius 1 is 0.700 bits per heavy atom. The molecule has 0 aromatic heterocycles. The van der Waals surface area contributed by atoms with Gasteiger partial charge in [0.25, 0.3) is 11.8 Å². The monoisotopic (exact) mass is 504 g/mol. The zero-order chi connectivity index (χ0) is 20.4. The van der Waals surface area contributed by atoms with Gasteiger partial charge >= 0.3 is 0 Å². The SMILES string of the molecule is O=C1[C@@H]2C3c4ccccc4C(c4ccccc43)[C@@H]2C(=O)N1/N=C\c1ccc(I)cc1. The Labute approximate surface area is 187 Å². The van der Waals surface area contributed by atoms with Crippen molar-refractivity contribution in [3.05, 3.63) is 104 Å². The summed E-state index contributed by atoms with van der Waals surface area (Å²) in [7, 11) is 0. The first kappa shape index (κ1) is 18.0. The van der Waals surface area contributed by atoms with Crippen molar-refractivity contribution in [2.24, 2.45) is 16.9 Å². The van der Waals surface area contributed by atoms with Gasteiger partial charge < -0.3 is 0 Å². The molecule has 1 heterocycles. The topological polar surface area (TPSA) is 49.7 Å². The first-order chi connectivity index (χ1) is 14.6. The van der Waals surface area contributed by atoms with Crippen LogP contribution in [0.2, 0.25) is 0 Å². The van der Waals surface area contributed by atoms with Crippen LogP contribution in [0.3, 0.4) is 0 Å². The van der Waals surface area contributed by atoms with Gasteiger partial charge in [-0.2, -0.15) is 10.1 Å². The van der Waals surface area contributed by atoms with Gasteiger partial charge in [-0.3, -0.25) is 9.59 Å². The number of benzene rings is 3. The van der Waals surface area contributed by atoms with E-state index >= 15 is 0 Å². The van der Waals surface area contributed by atoms with Crippen LogP contribution in [0.25, 0.3) is 0 Å². The summed E-state index contributed by atoms with van der Waals surface area (Å²) in [5.74, 6) is -1.34. The summed E-state index contributed by atoms with van der Waals surface area (Å²) in [5.41, 5.74) is 5.55. The number of rotatable bonds is 2. The molecule has 1 aliphatic heterocycles. The molecule has 2 amide bonds. The second kappa shape index (κ2) is 6.60. The van der Waals surface area contributed by atoms with Crippen LogP contribution in [0.5, 0.6) is 0 Å². The standard InChI is InChI=1S/C25H17IN2O2/c26-15-11-9-14(10-12-15)13-27-28-24(29)22-20-16-5-1-2-6-17(16)21(23(22)25(28)30)19-8-4-3-7-18(19)20/h1-13,20-23H/b27-13-/t20?,21?,22-,23+. The van der Waals surface area contributed by atoms with E-state index in [0.29, 0.717) is 0 Å². The van der Waals surface area contributed by atoms with Gasteiger partial charge in [-0.05, 0) is 62.5 Å². The zero-order valence-electron chi connectivity index (χ0n) is 15.9. The van der Waals surface area contributed by atoms with Crippen molar-refractivity contribution < 1.29 is 9.59 Å². The summed E-state index contributed by atoms with van der Waals surface area (Å²) in [5, 5.41) is 5.45. The largest absolute Gasteiger partial charge is 0.272 e. The Kier molecular flexibility index (Phi) is 3.96. The van der Waals surface area contributed by atoms with Crippen LogP contribution in [-0.2, 0) is 9.59 Å². The maximum Gasteiger partial charge on any atom is 0.254 e. The summed E-state index contributed by atoms with van der Waals surface area (Å²) >= 11 is 2.24. The van der Waals surface area contributed by atoms with Gasteiger partial charge in [-0.1, -0.05) is 60.7 Å². The lowest BCUT2D eigenvalue weighted by molar-refractivity contribution is -0.139. The molecule has 0 radical (unpaired) electrons. The lowest BCUT2D eigenvalue weighted by Crippen LogP contribution is -2.41. The fourth-order valence-corrected chi connectivity index (χ4v) is 5.81. The highest BCUT2D eigenvalue weighted by molar-refractivity contribution is 14.1. The fourth-order valence-electron chi connectivity index (χ4n) is 5.45. The Morgan fingerprint density at radius 3 is 1.57 bits per heavy atom. The first-order valence-corrected chi connectivity index (χ1v) is 11.1. The van der Waals surface area contributed by atoms with E-state index in [-0.39, 0.29) is 35.5 Å². The Balaban J connectivity index is 1.45. The predicted molar refractivity (Wildman–Crippen MR) is 122 cm³/mol. The quantitative estimate of drug-likeness (QED) is 0.293. The van der Waals surface area contributed by atoms with Crippen LogP contribution in [0.15, 0.2) is 77.9 Å². The van der Waals surface area contributed by atoms with Crippen LogP contribution in [0, 0.1) is 15.4 Å². The van der Waals surface area contributed by atoms with E-state index in [1.54, 1.807) is 6.21 Å². The van der Waals surface area contributed by atoms with Gasteiger partial charge in [-0.15, -0.1) is 0 Å². The molecule has 0 unspecified atom stereocenters. The highest BCUT2D eigenvalue weighted by Crippen LogP contribution is 2.60. The number of amides is 2. The Hall–Kier alpha value is -2.80. The van der Waals surface area contributed by atoms with Crippen LogP contribution < -0.4 is 0 Å². The number of hydrogen-bond donors (Lipinski definition) is 0. The minimum atomic E-state index is -0.388. The number of hydrogen-bond acceptors (Lipinski definition) is 3. The maximum absolute atomic E-state index is 13.4. The van der Waals surface area contributed by atoms with E-state index < -0.39 is 0 Å². The van der Waals surface area contributed by atoms with Crippen molar-refractivity contribution in [1.82, 2.24) is 5.01 Å². The zero-order valence-corrected chi connectivity index (χ0v) is 18.1. The predicted octanol–water partition coefficient (Wildman–Crippen LogP) is 4.52. The lowest BCUT2D eigenvalue weighted by atomic mass is 9.55. The molecule has 0 spiro atoms. The first-order valence-electron chi connectivity index (χ1n) is 10.00. The molecule has 4 aliphatic rings. The molecule has 2 bridgehead atoms. The van der Waals surface area contributed by atoms with Gasteiger partial charge in [0.1, 0.15) is 0 Å². The van der Waals surface area contributed by atoms with E-state index in [4.69, 9.17) is 0 Å². The van der Waals surface area contributed by atoms with Gasteiger partial charge in [0.2, 0.25) is 0 Å². The summed E-state index contributed by atoms with van der Waals surface area (Å²) in [6.07, 6.45) is 1.60. The number of nitrogens with zero attached hydrogens (tertiary/aromatic N) is 2. The molecule has 0 N–H and O–H groups in total. The molecule has 2 atom stereocenters. The average Bonchev–Trinajstić information content (AvgIpc) is 3.04. The van der Waals surface area contributed by atoms with E-state index in [0.717, 1.165) is 14.1 Å². The maximum atomic E-state index is 13.4. The molecule has 4 nitrogen and oxygen atoms in total. The summed E-state index contributed by atoms with van der Waals surface area (Å²) in [6, 6.07) is 24.3. The molecular weight excluding hydrogens is 487 g/mol. The number of imide groups is 1. The molecule has 30 heavy (non-hydrogen) atoms. The Morgan fingerprint density at radius 2 is 1.13 bits per heavy atom. The smallest absolute Gasteiger partial charge is 0.254 e. The van der Waals surface area contributed by atoms with Crippen LogP contribution >= 0.6 is 22.6 Å². The second-order valence-corrected chi connectivity index (χ2v) is 9.29. The number of hydrazone groups is 1. The summed E-state index contributed by atoms with van der Waals surface area (Å²) in [4.78, 5) is 26.9.